The molecule has 0 amide bonds. The average Bonchev–Trinajstić information content (AvgIpc) is 2.60. The SMILES string of the molecule is CC(=O)[C@H]1C(=O)Oc2ccc(Br)cc2[C@H]1[C@@H](C)C(=O)c1ccccc1. The molecule has 128 valence electrons. The first-order valence-corrected chi connectivity index (χ1v) is 8.80. The van der Waals surface area contributed by atoms with E-state index in [2.05, 4.69) is 15.9 Å². The Balaban J connectivity index is 2.09. The van der Waals surface area contributed by atoms with E-state index < -0.39 is 23.7 Å². The van der Waals surface area contributed by atoms with Gasteiger partial charge in [0.1, 0.15) is 17.5 Å². The molecule has 1 aliphatic rings. The Labute approximate surface area is 154 Å². The molecular weight excluding hydrogens is 384 g/mol. The molecular formula is C20H17BrO4. The standard InChI is InChI=1S/C20H17BrO4/c1-11(19(23)13-6-4-3-5-7-13)17-15-10-14(21)8-9-16(15)25-20(24)18(17)12(2)22/h3-11,17-18H,1-2H3/t11-,17-,18-/m1/s1. The summed E-state index contributed by atoms with van der Waals surface area (Å²) in [5, 5.41) is 0. The Kier molecular flexibility index (Phi) is 4.86. The lowest BCUT2D eigenvalue weighted by atomic mass is 9.72. The van der Waals surface area contributed by atoms with Crippen LogP contribution < -0.4 is 4.74 Å². The fourth-order valence-electron chi connectivity index (χ4n) is 3.38. The smallest absolute Gasteiger partial charge is 0.322 e. The molecule has 0 N–H and O–H groups in total. The van der Waals surface area contributed by atoms with Crippen molar-refractivity contribution < 1.29 is 19.1 Å². The summed E-state index contributed by atoms with van der Waals surface area (Å²) in [6.45, 7) is 3.13. The van der Waals surface area contributed by atoms with Crippen LogP contribution in [0.3, 0.4) is 0 Å². The molecule has 0 radical (unpaired) electrons. The molecule has 1 heterocycles. The summed E-state index contributed by atoms with van der Waals surface area (Å²) in [4.78, 5) is 37.5. The Hall–Kier alpha value is -2.27. The van der Waals surface area contributed by atoms with E-state index in [0.29, 0.717) is 16.9 Å². The number of esters is 1. The van der Waals surface area contributed by atoms with Crippen LogP contribution in [0, 0.1) is 11.8 Å². The van der Waals surface area contributed by atoms with Crippen LogP contribution in [-0.4, -0.2) is 17.5 Å². The summed E-state index contributed by atoms with van der Waals surface area (Å²) in [6, 6.07) is 14.2. The monoisotopic (exact) mass is 400 g/mol. The lowest BCUT2D eigenvalue weighted by molar-refractivity contribution is -0.146. The van der Waals surface area contributed by atoms with Gasteiger partial charge in [0.15, 0.2) is 5.78 Å². The molecule has 3 rings (SSSR count). The predicted octanol–water partition coefficient (Wildman–Crippen LogP) is 4.18. The number of benzene rings is 2. The molecule has 0 saturated heterocycles. The lowest BCUT2D eigenvalue weighted by Crippen LogP contribution is -2.40. The van der Waals surface area contributed by atoms with Crippen molar-refractivity contribution in [1.29, 1.82) is 0 Å². The minimum absolute atomic E-state index is 0.0996. The van der Waals surface area contributed by atoms with Gasteiger partial charge >= 0.3 is 5.97 Å². The molecule has 0 saturated carbocycles. The summed E-state index contributed by atoms with van der Waals surface area (Å²) in [7, 11) is 0. The van der Waals surface area contributed by atoms with Crippen LogP contribution in [-0.2, 0) is 9.59 Å². The van der Waals surface area contributed by atoms with Crippen LogP contribution in [0.5, 0.6) is 5.75 Å². The zero-order chi connectivity index (χ0) is 18.1. The van der Waals surface area contributed by atoms with E-state index in [9.17, 15) is 14.4 Å². The molecule has 25 heavy (non-hydrogen) atoms. The zero-order valence-electron chi connectivity index (χ0n) is 13.9. The molecule has 5 heteroatoms. The molecule has 0 bridgehead atoms. The first kappa shape index (κ1) is 17.5. The lowest BCUT2D eigenvalue weighted by Gasteiger charge is -2.34. The fourth-order valence-corrected chi connectivity index (χ4v) is 3.75. The van der Waals surface area contributed by atoms with Gasteiger partial charge in [0.2, 0.25) is 0 Å². The minimum Gasteiger partial charge on any atom is -0.426 e. The number of Topliss-reactive ketones (excluding diaryl/α,β-unsaturated/α-hetero) is 2. The van der Waals surface area contributed by atoms with Crippen LogP contribution >= 0.6 is 15.9 Å². The number of hydrogen-bond donors (Lipinski definition) is 0. The molecule has 0 aromatic heterocycles. The maximum atomic E-state index is 12.9. The normalized spacial score (nSPS) is 20.4. The Bertz CT molecular complexity index is 844. The fraction of sp³-hybridized carbons (Fsp3) is 0.250. The summed E-state index contributed by atoms with van der Waals surface area (Å²) < 4.78 is 6.14. The minimum atomic E-state index is -0.982. The largest absolute Gasteiger partial charge is 0.426 e. The third kappa shape index (κ3) is 3.29. The number of halogens is 1. The van der Waals surface area contributed by atoms with Gasteiger partial charge in [0.25, 0.3) is 0 Å². The van der Waals surface area contributed by atoms with Gasteiger partial charge in [0.05, 0.1) is 0 Å². The number of ketones is 2. The van der Waals surface area contributed by atoms with Crippen molar-refractivity contribution in [3.8, 4) is 5.75 Å². The first-order valence-electron chi connectivity index (χ1n) is 8.01. The first-order chi connectivity index (χ1) is 11.9. The summed E-state index contributed by atoms with van der Waals surface area (Å²) in [5.41, 5.74) is 1.26. The molecule has 0 spiro atoms. The maximum Gasteiger partial charge on any atom is 0.322 e. The van der Waals surface area contributed by atoms with Crippen molar-refractivity contribution in [2.24, 2.45) is 11.8 Å². The Morgan fingerprint density at radius 2 is 1.80 bits per heavy atom. The van der Waals surface area contributed by atoms with E-state index in [1.165, 1.54) is 6.92 Å². The second kappa shape index (κ2) is 6.92. The van der Waals surface area contributed by atoms with Crippen LogP contribution in [0.2, 0.25) is 0 Å². The Morgan fingerprint density at radius 1 is 1.12 bits per heavy atom. The number of carbonyl (C=O) groups is 3. The summed E-state index contributed by atoms with van der Waals surface area (Å²) in [6.07, 6.45) is 0. The van der Waals surface area contributed by atoms with E-state index in [1.54, 1.807) is 43.3 Å². The average molecular weight is 401 g/mol. The number of ether oxygens (including phenoxy) is 1. The highest BCUT2D eigenvalue weighted by Gasteiger charge is 2.45. The number of carbonyl (C=O) groups excluding carboxylic acids is 3. The quantitative estimate of drug-likeness (QED) is 0.334. The van der Waals surface area contributed by atoms with Crippen LogP contribution in [0.1, 0.15) is 35.7 Å². The van der Waals surface area contributed by atoms with Gasteiger partial charge in [-0.3, -0.25) is 14.4 Å². The maximum absolute atomic E-state index is 12.9. The van der Waals surface area contributed by atoms with Gasteiger partial charge in [-0.1, -0.05) is 53.2 Å². The van der Waals surface area contributed by atoms with E-state index in [0.717, 1.165) is 4.47 Å². The highest BCUT2D eigenvalue weighted by Crippen LogP contribution is 2.44. The van der Waals surface area contributed by atoms with E-state index in [-0.39, 0.29) is 11.6 Å². The van der Waals surface area contributed by atoms with E-state index >= 15 is 0 Å². The molecule has 4 nitrogen and oxygen atoms in total. The molecule has 2 aromatic carbocycles. The van der Waals surface area contributed by atoms with Crippen LogP contribution in [0.15, 0.2) is 53.0 Å². The van der Waals surface area contributed by atoms with E-state index in [4.69, 9.17) is 4.74 Å². The van der Waals surface area contributed by atoms with Crippen molar-refractivity contribution in [3.63, 3.8) is 0 Å². The third-order valence-electron chi connectivity index (χ3n) is 4.60. The van der Waals surface area contributed by atoms with Crippen molar-refractivity contribution in [2.75, 3.05) is 0 Å². The molecule has 0 fully saturated rings. The van der Waals surface area contributed by atoms with Gasteiger partial charge in [0, 0.05) is 27.4 Å². The second-order valence-electron chi connectivity index (χ2n) is 6.24. The third-order valence-corrected chi connectivity index (χ3v) is 5.10. The molecule has 1 aliphatic heterocycles. The molecule has 2 aromatic rings. The van der Waals surface area contributed by atoms with Gasteiger partial charge in [-0.05, 0) is 25.1 Å². The Morgan fingerprint density at radius 3 is 2.44 bits per heavy atom. The summed E-state index contributed by atoms with van der Waals surface area (Å²) >= 11 is 3.41. The second-order valence-corrected chi connectivity index (χ2v) is 7.15. The van der Waals surface area contributed by atoms with Crippen molar-refractivity contribution in [3.05, 3.63) is 64.1 Å². The van der Waals surface area contributed by atoms with E-state index in [1.807, 2.05) is 12.1 Å². The van der Waals surface area contributed by atoms with Crippen molar-refractivity contribution >= 4 is 33.5 Å². The van der Waals surface area contributed by atoms with Gasteiger partial charge in [-0.2, -0.15) is 0 Å². The van der Waals surface area contributed by atoms with Gasteiger partial charge in [-0.15, -0.1) is 0 Å². The van der Waals surface area contributed by atoms with Crippen LogP contribution in [0.25, 0.3) is 0 Å². The topological polar surface area (TPSA) is 60.4 Å². The number of rotatable bonds is 4. The zero-order valence-corrected chi connectivity index (χ0v) is 15.4. The molecule has 0 aliphatic carbocycles. The van der Waals surface area contributed by atoms with Gasteiger partial charge in [-0.25, -0.2) is 0 Å². The van der Waals surface area contributed by atoms with Crippen molar-refractivity contribution in [2.45, 2.75) is 19.8 Å². The highest BCUT2D eigenvalue weighted by molar-refractivity contribution is 9.10. The molecule has 3 atom stereocenters. The predicted molar refractivity (Wildman–Crippen MR) is 96.6 cm³/mol. The van der Waals surface area contributed by atoms with Crippen molar-refractivity contribution in [1.82, 2.24) is 0 Å². The van der Waals surface area contributed by atoms with Crippen LogP contribution in [0.4, 0.5) is 0 Å². The highest BCUT2D eigenvalue weighted by atomic mass is 79.9. The number of hydrogen-bond acceptors (Lipinski definition) is 4. The van der Waals surface area contributed by atoms with Gasteiger partial charge < -0.3 is 4.74 Å². The number of fused-ring (bicyclic) bond motifs is 1. The molecule has 0 unspecified atom stereocenters. The summed E-state index contributed by atoms with van der Waals surface area (Å²) in [5.74, 6) is -2.67.